The second kappa shape index (κ2) is 7.54. The minimum Gasteiger partial charge on any atom is -0.346 e. The zero-order valence-corrected chi connectivity index (χ0v) is 13.6. The Bertz CT molecular complexity index is 678. The fourth-order valence-corrected chi connectivity index (χ4v) is 2.37. The highest BCUT2D eigenvalue weighted by molar-refractivity contribution is 5.96. The normalized spacial score (nSPS) is 11.6. The minimum absolute atomic E-state index is 0.0665. The number of benzene rings is 1. The highest BCUT2D eigenvalue weighted by Crippen LogP contribution is 2.09. The zero-order valence-electron chi connectivity index (χ0n) is 13.6. The largest absolute Gasteiger partial charge is 0.346 e. The lowest BCUT2D eigenvalue weighted by Crippen LogP contribution is -2.38. The monoisotopic (exact) mass is 311 g/mol. The molecule has 1 aromatic heterocycles. The third-order valence-corrected chi connectivity index (χ3v) is 3.40. The van der Waals surface area contributed by atoms with Gasteiger partial charge in [0.2, 0.25) is 5.91 Å². The van der Waals surface area contributed by atoms with Gasteiger partial charge >= 0.3 is 0 Å². The SMILES string of the molecule is Cc1cc(C)cc(C(=O)NCC(=O)NC(C)c2ccccn2)c1. The van der Waals surface area contributed by atoms with Crippen LogP contribution in [-0.2, 0) is 4.79 Å². The van der Waals surface area contributed by atoms with Gasteiger partial charge in [-0.25, -0.2) is 0 Å². The quantitative estimate of drug-likeness (QED) is 0.890. The van der Waals surface area contributed by atoms with Crippen molar-refractivity contribution in [3.63, 3.8) is 0 Å². The Morgan fingerprint density at radius 1 is 1.13 bits per heavy atom. The summed E-state index contributed by atoms with van der Waals surface area (Å²) in [6.45, 7) is 5.66. The molecule has 0 aliphatic rings. The molecule has 5 heteroatoms. The second-order valence-electron chi connectivity index (χ2n) is 5.60. The first-order chi connectivity index (χ1) is 11.0. The summed E-state index contributed by atoms with van der Waals surface area (Å²) in [6, 6.07) is 10.9. The van der Waals surface area contributed by atoms with Crippen molar-refractivity contribution in [1.29, 1.82) is 0 Å². The van der Waals surface area contributed by atoms with Crippen molar-refractivity contribution in [2.24, 2.45) is 0 Å². The van der Waals surface area contributed by atoms with Crippen LogP contribution in [0, 0.1) is 13.8 Å². The van der Waals surface area contributed by atoms with Gasteiger partial charge in [0.1, 0.15) is 0 Å². The van der Waals surface area contributed by atoms with E-state index < -0.39 is 0 Å². The summed E-state index contributed by atoms with van der Waals surface area (Å²) in [6.07, 6.45) is 1.68. The van der Waals surface area contributed by atoms with Crippen molar-refractivity contribution in [3.05, 3.63) is 65.0 Å². The summed E-state index contributed by atoms with van der Waals surface area (Å²) < 4.78 is 0. The van der Waals surface area contributed by atoms with E-state index in [1.54, 1.807) is 18.3 Å². The van der Waals surface area contributed by atoms with Gasteiger partial charge < -0.3 is 10.6 Å². The summed E-state index contributed by atoms with van der Waals surface area (Å²) in [7, 11) is 0. The van der Waals surface area contributed by atoms with E-state index in [0.717, 1.165) is 16.8 Å². The average Bonchev–Trinajstić information content (AvgIpc) is 2.52. The number of nitrogens with one attached hydrogen (secondary N) is 2. The first kappa shape index (κ1) is 16.7. The van der Waals surface area contributed by atoms with E-state index >= 15 is 0 Å². The molecule has 0 saturated heterocycles. The Hall–Kier alpha value is -2.69. The first-order valence-electron chi connectivity index (χ1n) is 7.52. The summed E-state index contributed by atoms with van der Waals surface area (Å²) in [5.74, 6) is -0.502. The third-order valence-electron chi connectivity index (χ3n) is 3.40. The van der Waals surface area contributed by atoms with E-state index in [1.165, 1.54) is 0 Å². The van der Waals surface area contributed by atoms with E-state index in [0.29, 0.717) is 5.56 Å². The third kappa shape index (κ3) is 4.92. The fourth-order valence-electron chi connectivity index (χ4n) is 2.37. The van der Waals surface area contributed by atoms with Gasteiger partial charge in [-0.1, -0.05) is 23.3 Å². The molecule has 0 saturated carbocycles. The van der Waals surface area contributed by atoms with Gasteiger partial charge in [-0.2, -0.15) is 0 Å². The maximum absolute atomic E-state index is 12.1. The Labute approximate surface area is 136 Å². The number of carbonyl (C=O) groups excluding carboxylic acids is 2. The minimum atomic E-state index is -0.252. The van der Waals surface area contributed by atoms with Crippen LogP contribution in [0.3, 0.4) is 0 Å². The van der Waals surface area contributed by atoms with E-state index in [1.807, 2.05) is 45.0 Å². The lowest BCUT2D eigenvalue weighted by Gasteiger charge is -2.13. The summed E-state index contributed by atoms with van der Waals surface area (Å²) in [4.78, 5) is 28.2. The van der Waals surface area contributed by atoms with E-state index in [2.05, 4.69) is 15.6 Å². The number of nitrogens with zero attached hydrogens (tertiary/aromatic N) is 1. The number of hydrogen-bond acceptors (Lipinski definition) is 3. The van der Waals surface area contributed by atoms with Crippen LogP contribution in [0.15, 0.2) is 42.6 Å². The molecule has 0 aliphatic heterocycles. The van der Waals surface area contributed by atoms with Crippen molar-refractivity contribution in [2.75, 3.05) is 6.54 Å². The number of pyridine rings is 1. The van der Waals surface area contributed by atoms with Crippen LogP contribution in [0.4, 0.5) is 0 Å². The lowest BCUT2D eigenvalue weighted by atomic mass is 10.1. The van der Waals surface area contributed by atoms with E-state index in [-0.39, 0.29) is 24.4 Å². The standard InChI is InChI=1S/C18H21N3O2/c1-12-8-13(2)10-15(9-12)18(23)20-11-17(22)21-14(3)16-6-4-5-7-19-16/h4-10,14H,11H2,1-3H3,(H,20,23)(H,21,22). The smallest absolute Gasteiger partial charge is 0.251 e. The molecule has 0 fully saturated rings. The molecule has 1 heterocycles. The van der Waals surface area contributed by atoms with Crippen LogP contribution in [0.2, 0.25) is 0 Å². The van der Waals surface area contributed by atoms with Crippen LogP contribution in [0.25, 0.3) is 0 Å². The van der Waals surface area contributed by atoms with Crippen molar-refractivity contribution in [2.45, 2.75) is 26.8 Å². The predicted molar refractivity (Wildman–Crippen MR) is 89.0 cm³/mol. The number of aromatic nitrogens is 1. The lowest BCUT2D eigenvalue weighted by molar-refractivity contribution is -0.120. The Morgan fingerprint density at radius 2 is 1.83 bits per heavy atom. The summed E-state index contributed by atoms with van der Waals surface area (Å²) >= 11 is 0. The van der Waals surface area contributed by atoms with Gasteiger partial charge in [0.25, 0.3) is 5.91 Å². The van der Waals surface area contributed by atoms with Crippen molar-refractivity contribution >= 4 is 11.8 Å². The zero-order chi connectivity index (χ0) is 16.8. The molecule has 2 amide bonds. The first-order valence-corrected chi connectivity index (χ1v) is 7.52. The average molecular weight is 311 g/mol. The molecule has 0 aliphatic carbocycles. The van der Waals surface area contributed by atoms with Gasteiger partial charge in [-0.15, -0.1) is 0 Å². The number of hydrogen-bond donors (Lipinski definition) is 2. The van der Waals surface area contributed by atoms with Crippen molar-refractivity contribution in [3.8, 4) is 0 Å². The van der Waals surface area contributed by atoms with Crippen LogP contribution >= 0.6 is 0 Å². The van der Waals surface area contributed by atoms with Crippen molar-refractivity contribution < 1.29 is 9.59 Å². The summed E-state index contributed by atoms with van der Waals surface area (Å²) in [5, 5.41) is 5.45. The molecular weight excluding hydrogens is 290 g/mol. The van der Waals surface area contributed by atoms with Gasteiger partial charge in [-0.3, -0.25) is 14.6 Å². The van der Waals surface area contributed by atoms with Crippen LogP contribution in [0.5, 0.6) is 0 Å². The Morgan fingerprint density at radius 3 is 2.43 bits per heavy atom. The van der Waals surface area contributed by atoms with Gasteiger partial charge in [0, 0.05) is 11.8 Å². The van der Waals surface area contributed by atoms with Gasteiger partial charge in [-0.05, 0) is 45.0 Å². The summed E-state index contributed by atoms with van der Waals surface area (Å²) in [5.41, 5.74) is 3.38. The molecule has 1 aromatic carbocycles. The topological polar surface area (TPSA) is 71.1 Å². The van der Waals surface area contributed by atoms with Gasteiger partial charge in [0.05, 0.1) is 18.3 Å². The predicted octanol–water partition coefficient (Wildman–Crippen LogP) is 2.31. The molecule has 2 N–H and O–H groups in total. The number of aryl methyl sites for hydroxylation is 2. The highest BCUT2D eigenvalue weighted by Gasteiger charge is 2.12. The molecule has 23 heavy (non-hydrogen) atoms. The van der Waals surface area contributed by atoms with Gasteiger partial charge in [0.15, 0.2) is 0 Å². The fraction of sp³-hybridized carbons (Fsp3) is 0.278. The van der Waals surface area contributed by atoms with E-state index in [9.17, 15) is 9.59 Å². The molecule has 1 atom stereocenters. The maximum Gasteiger partial charge on any atom is 0.251 e. The molecule has 5 nitrogen and oxygen atoms in total. The van der Waals surface area contributed by atoms with Crippen molar-refractivity contribution in [1.82, 2.24) is 15.6 Å². The van der Waals surface area contributed by atoms with Crippen LogP contribution in [-0.4, -0.2) is 23.3 Å². The second-order valence-corrected chi connectivity index (χ2v) is 5.60. The number of carbonyl (C=O) groups is 2. The molecule has 2 aromatic rings. The molecular formula is C18H21N3O2. The molecule has 120 valence electrons. The highest BCUT2D eigenvalue weighted by atomic mass is 16.2. The molecule has 0 bridgehead atoms. The molecule has 0 spiro atoms. The molecule has 0 radical (unpaired) electrons. The molecule has 2 rings (SSSR count). The van der Waals surface area contributed by atoms with Crippen LogP contribution in [0.1, 0.15) is 40.1 Å². The Balaban J connectivity index is 1.87. The molecule has 1 unspecified atom stereocenters. The Kier molecular flexibility index (Phi) is 5.46. The van der Waals surface area contributed by atoms with Crippen LogP contribution < -0.4 is 10.6 Å². The van der Waals surface area contributed by atoms with E-state index in [4.69, 9.17) is 0 Å². The number of amides is 2. The number of rotatable bonds is 5. The maximum atomic E-state index is 12.1.